The molecule has 2 amide bonds. The Morgan fingerprint density at radius 1 is 1.13 bits per heavy atom. The Kier molecular flexibility index (Phi) is 5.19. The van der Waals surface area contributed by atoms with E-state index in [-0.39, 0.29) is 0 Å². The summed E-state index contributed by atoms with van der Waals surface area (Å²) in [5.74, 6) is -0.633. The molecule has 0 fully saturated rings. The summed E-state index contributed by atoms with van der Waals surface area (Å²) in [6.07, 6.45) is 0. The zero-order valence-electron chi connectivity index (χ0n) is 12.9. The Hall–Kier alpha value is -3.02. The van der Waals surface area contributed by atoms with Crippen molar-refractivity contribution in [3.8, 4) is 5.75 Å². The van der Waals surface area contributed by atoms with Crippen LogP contribution in [0.25, 0.3) is 0 Å². The molecule has 0 saturated heterocycles. The Morgan fingerprint density at radius 3 is 2.43 bits per heavy atom. The monoisotopic (exact) mass is 314 g/mol. The first kappa shape index (κ1) is 16.4. The lowest BCUT2D eigenvalue weighted by Crippen LogP contribution is -2.36. The molecule has 23 heavy (non-hydrogen) atoms. The van der Waals surface area contributed by atoms with Crippen LogP contribution in [0.2, 0.25) is 0 Å². The molecular formula is C17H18N2O4. The molecule has 120 valence electrons. The molecular weight excluding hydrogens is 296 g/mol. The maximum atomic E-state index is 12.0. The number of benzene rings is 2. The van der Waals surface area contributed by atoms with Crippen molar-refractivity contribution in [3.63, 3.8) is 0 Å². The third-order valence-corrected chi connectivity index (χ3v) is 3.26. The zero-order chi connectivity index (χ0) is 16.8. The number of amides is 2. The smallest absolute Gasteiger partial charge is 0.330 e. The van der Waals surface area contributed by atoms with Gasteiger partial charge < -0.3 is 20.5 Å². The van der Waals surface area contributed by atoms with Crippen molar-refractivity contribution in [3.05, 3.63) is 59.7 Å². The molecule has 0 aliphatic rings. The van der Waals surface area contributed by atoms with Gasteiger partial charge in [-0.25, -0.2) is 9.59 Å². The molecule has 0 heterocycles. The average molecular weight is 314 g/mol. The van der Waals surface area contributed by atoms with E-state index in [1.807, 2.05) is 19.1 Å². The van der Waals surface area contributed by atoms with Gasteiger partial charge in [0, 0.05) is 5.69 Å². The molecule has 0 radical (unpaired) electrons. The summed E-state index contributed by atoms with van der Waals surface area (Å²) in [5, 5.41) is 14.4. The van der Waals surface area contributed by atoms with Gasteiger partial charge in [0.2, 0.25) is 0 Å². The molecule has 2 aromatic carbocycles. The van der Waals surface area contributed by atoms with E-state index in [4.69, 9.17) is 4.74 Å². The van der Waals surface area contributed by atoms with Crippen LogP contribution in [0.4, 0.5) is 10.5 Å². The quantitative estimate of drug-likeness (QED) is 0.792. The zero-order valence-corrected chi connectivity index (χ0v) is 12.9. The fourth-order valence-electron chi connectivity index (χ4n) is 2.04. The van der Waals surface area contributed by atoms with E-state index in [0.717, 1.165) is 5.56 Å². The van der Waals surface area contributed by atoms with E-state index < -0.39 is 18.0 Å². The van der Waals surface area contributed by atoms with E-state index in [1.165, 1.54) is 7.11 Å². The van der Waals surface area contributed by atoms with Crippen LogP contribution in [0.1, 0.15) is 17.2 Å². The molecule has 0 aliphatic carbocycles. The number of nitrogens with one attached hydrogen (secondary N) is 2. The molecule has 2 rings (SSSR count). The van der Waals surface area contributed by atoms with Crippen LogP contribution in [0.5, 0.6) is 5.75 Å². The lowest BCUT2D eigenvalue weighted by molar-refractivity contribution is -0.139. The number of hydrogen-bond acceptors (Lipinski definition) is 3. The maximum Gasteiger partial charge on any atom is 0.330 e. The van der Waals surface area contributed by atoms with Gasteiger partial charge in [0.25, 0.3) is 0 Å². The van der Waals surface area contributed by atoms with E-state index in [9.17, 15) is 14.7 Å². The predicted molar refractivity (Wildman–Crippen MR) is 86.7 cm³/mol. The van der Waals surface area contributed by atoms with Crippen LogP contribution >= 0.6 is 0 Å². The first-order valence-corrected chi connectivity index (χ1v) is 7.00. The van der Waals surface area contributed by atoms with Crippen LogP contribution in [-0.2, 0) is 4.79 Å². The minimum absolute atomic E-state index is 0.427. The van der Waals surface area contributed by atoms with Crippen molar-refractivity contribution in [1.29, 1.82) is 0 Å². The highest BCUT2D eigenvalue weighted by Crippen LogP contribution is 2.19. The second-order valence-electron chi connectivity index (χ2n) is 5.01. The van der Waals surface area contributed by atoms with Gasteiger partial charge in [-0.05, 0) is 36.8 Å². The van der Waals surface area contributed by atoms with Gasteiger partial charge >= 0.3 is 12.0 Å². The molecule has 1 unspecified atom stereocenters. The van der Waals surface area contributed by atoms with Crippen molar-refractivity contribution >= 4 is 17.7 Å². The van der Waals surface area contributed by atoms with Gasteiger partial charge in [-0.2, -0.15) is 0 Å². The predicted octanol–water partition coefficient (Wildman–Crippen LogP) is 2.95. The van der Waals surface area contributed by atoms with Crippen molar-refractivity contribution in [2.75, 3.05) is 12.4 Å². The summed E-state index contributed by atoms with van der Waals surface area (Å²) >= 11 is 0. The molecule has 3 N–H and O–H groups in total. The number of aryl methyl sites for hydroxylation is 1. The van der Waals surface area contributed by atoms with E-state index >= 15 is 0 Å². The van der Waals surface area contributed by atoms with Gasteiger partial charge in [-0.1, -0.05) is 29.8 Å². The topological polar surface area (TPSA) is 87.7 Å². The molecule has 6 nitrogen and oxygen atoms in total. The largest absolute Gasteiger partial charge is 0.497 e. The van der Waals surface area contributed by atoms with Gasteiger partial charge in [-0.15, -0.1) is 0 Å². The molecule has 2 aromatic rings. The van der Waals surface area contributed by atoms with Gasteiger partial charge in [0.05, 0.1) is 7.11 Å². The first-order chi connectivity index (χ1) is 11.0. The van der Waals surface area contributed by atoms with Crippen molar-refractivity contribution in [1.82, 2.24) is 5.32 Å². The molecule has 0 aliphatic heterocycles. The summed E-state index contributed by atoms with van der Waals surface area (Å²) in [6, 6.07) is 12.0. The number of carboxylic acid groups (broad SMARTS) is 1. The summed E-state index contributed by atoms with van der Waals surface area (Å²) in [7, 11) is 1.49. The highest BCUT2D eigenvalue weighted by atomic mass is 16.5. The Bertz CT molecular complexity index is 698. The number of carboxylic acids is 1. The molecule has 0 bridgehead atoms. The fraction of sp³-hybridized carbons (Fsp3) is 0.176. The van der Waals surface area contributed by atoms with Crippen LogP contribution < -0.4 is 15.4 Å². The molecule has 0 spiro atoms. The van der Waals surface area contributed by atoms with Gasteiger partial charge in [-0.3, -0.25) is 0 Å². The molecule has 0 aromatic heterocycles. The lowest BCUT2D eigenvalue weighted by Gasteiger charge is -2.16. The molecule has 6 heteroatoms. The van der Waals surface area contributed by atoms with E-state index in [0.29, 0.717) is 17.0 Å². The fourth-order valence-corrected chi connectivity index (χ4v) is 2.04. The summed E-state index contributed by atoms with van der Waals surface area (Å²) < 4.78 is 5.08. The number of carbonyl (C=O) groups is 2. The number of carbonyl (C=O) groups excluding carboxylic acids is 1. The average Bonchev–Trinajstić information content (AvgIpc) is 2.54. The van der Waals surface area contributed by atoms with E-state index in [2.05, 4.69) is 10.6 Å². The Balaban J connectivity index is 2.11. The minimum Gasteiger partial charge on any atom is -0.497 e. The number of aliphatic carboxylic acids is 1. The minimum atomic E-state index is -1.17. The first-order valence-electron chi connectivity index (χ1n) is 7.00. The standard InChI is InChI=1S/C17H18N2O4/c1-11-6-8-13(9-7-11)18-17(22)19-15(16(20)21)12-4-3-5-14(10-12)23-2/h3-10,15H,1-2H3,(H,20,21)(H2,18,19,22). The molecule has 0 saturated carbocycles. The number of anilines is 1. The molecule has 1 atom stereocenters. The van der Waals surface area contributed by atoms with E-state index in [1.54, 1.807) is 36.4 Å². The van der Waals surface area contributed by atoms with Gasteiger partial charge in [0.15, 0.2) is 6.04 Å². The van der Waals surface area contributed by atoms with Crippen LogP contribution in [-0.4, -0.2) is 24.2 Å². The number of hydrogen-bond donors (Lipinski definition) is 3. The second kappa shape index (κ2) is 7.31. The maximum absolute atomic E-state index is 12.0. The highest BCUT2D eigenvalue weighted by Gasteiger charge is 2.22. The van der Waals surface area contributed by atoms with Gasteiger partial charge in [0.1, 0.15) is 5.75 Å². The van der Waals surface area contributed by atoms with Crippen molar-refractivity contribution in [2.45, 2.75) is 13.0 Å². The number of ether oxygens (including phenoxy) is 1. The van der Waals surface area contributed by atoms with Crippen LogP contribution in [0.3, 0.4) is 0 Å². The normalized spacial score (nSPS) is 11.4. The Labute approximate surface area is 134 Å². The number of urea groups is 1. The third kappa shape index (κ3) is 4.47. The highest BCUT2D eigenvalue weighted by molar-refractivity contribution is 5.92. The SMILES string of the molecule is COc1cccc(C(NC(=O)Nc2ccc(C)cc2)C(=O)O)c1. The van der Waals surface area contributed by atoms with Crippen molar-refractivity contribution in [2.24, 2.45) is 0 Å². The van der Waals surface area contributed by atoms with Crippen molar-refractivity contribution < 1.29 is 19.4 Å². The lowest BCUT2D eigenvalue weighted by atomic mass is 10.1. The summed E-state index contributed by atoms with van der Waals surface area (Å²) in [4.78, 5) is 23.5. The second-order valence-corrected chi connectivity index (χ2v) is 5.01. The summed E-state index contributed by atoms with van der Waals surface area (Å²) in [6.45, 7) is 1.94. The van der Waals surface area contributed by atoms with Crippen LogP contribution in [0.15, 0.2) is 48.5 Å². The third-order valence-electron chi connectivity index (χ3n) is 3.26. The summed E-state index contributed by atoms with van der Waals surface area (Å²) in [5.41, 5.74) is 2.08. The Morgan fingerprint density at radius 2 is 1.83 bits per heavy atom. The number of rotatable bonds is 5. The number of methoxy groups -OCH3 is 1. The van der Waals surface area contributed by atoms with Crippen LogP contribution in [0, 0.1) is 6.92 Å².